The van der Waals surface area contributed by atoms with Crippen LogP contribution < -0.4 is 5.32 Å². The number of rotatable bonds is 4. The lowest BCUT2D eigenvalue weighted by Crippen LogP contribution is -2.33. The molecule has 1 heterocycles. The highest BCUT2D eigenvalue weighted by Crippen LogP contribution is 2.19. The van der Waals surface area contributed by atoms with Gasteiger partial charge in [0.1, 0.15) is 0 Å². The monoisotopic (exact) mass is 253 g/mol. The number of aliphatic hydroxyl groups is 1. The SMILES string of the molecule is OC(CNC1CCCCCCC1)c1ccsc1. The third-order valence-corrected chi connectivity index (χ3v) is 4.33. The van der Waals surface area contributed by atoms with E-state index in [4.69, 9.17) is 0 Å². The number of thiophene rings is 1. The highest BCUT2D eigenvalue weighted by Gasteiger charge is 2.13. The van der Waals surface area contributed by atoms with Crippen molar-refractivity contribution in [2.24, 2.45) is 0 Å². The Morgan fingerprint density at radius 2 is 1.94 bits per heavy atom. The van der Waals surface area contributed by atoms with Gasteiger partial charge in [0.2, 0.25) is 0 Å². The summed E-state index contributed by atoms with van der Waals surface area (Å²) in [6.07, 6.45) is 9.05. The predicted molar refractivity (Wildman–Crippen MR) is 73.4 cm³/mol. The molecule has 17 heavy (non-hydrogen) atoms. The van der Waals surface area contributed by atoms with Crippen LogP contribution in [0.5, 0.6) is 0 Å². The Labute approximate surface area is 108 Å². The first kappa shape index (κ1) is 13.1. The van der Waals surface area contributed by atoms with Gasteiger partial charge in [-0.1, -0.05) is 32.1 Å². The zero-order valence-corrected chi connectivity index (χ0v) is 11.2. The minimum Gasteiger partial charge on any atom is -0.387 e. The van der Waals surface area contributed by atoms with E-state index in [1.807, 2.05) is 16.8 Å². The largest absolute Gasteiger partial charge is 0.387 e. The van der Waals surface area contributed by atoms with Crippen molar-refractivity contribution >= 4 is 11.3 Å². The minimum atomic E-state index is -0.341. The van der Waals surface area contributed by atoms with E-state index in [1.54, 1.807) is 11.3 Å². The van der Waals surface area contributed by atoms with Crippen molar-refractivity contribution in [3.63, 3.8) is 0 Å². The van der Waals surface area contributed by atoms with Crippen LogP contribution in [0.3, 0.4) is 0 Å². The molecule has 1 aliphatic rings. The molecular formula is C14H23NOS. The van der Waals surface area contributed by atoms with Gasteiger partial charge in [0.05, 0.1) is 6.10 Å². The van der Waals surface area contributed by atoms with Crippen LogP contribution in [0.4, 0.5) is 0 Å². The van der Waals surface area contributed by atoms with Gasteiger partial charge in [0, 0.05) is 12.6 Å². The van der Waals surface area contributed by atoms with Crippen LogP contribution in [0.25, 0.3) is 0 Å². The summed E-state index contributed by atoms with van der Waals surface area (Å²) in [6, 6.07) is 2.62. The topological polar surface area (TPSA) is 32.3 Å². The molecule has 3 heteroatoms. The molecule has 1 aliphatic carbocycles. The second-order valence-corrected chi connectivity index (χ2v) is 5.80. The minimum absolute atomic E-state index is 0.341. The molecule has 1 unspecified atom stereocenters. The smallest absolute Gasteiger partial charge is 0.0922 e. The van der Waals surface area contributed by atoms with Crippen molar-refractivity contribution < 1.29 is 5.11 Å². The van der Waals surface area contributed by atoms with Crippen LogP contribution in [0.1, 0.15) is 56.6 Å². The molecule has 1 saturated carbocycles. The van der Waals surface area contributed by atoms with Crippen molar-refractivity contribution in [1.82, 2.24) is 5.32 Å². The Morgan fingerprint density at radius 1 is 1.24 bits per heavy atom. The van der Waals surface area contributed by atoms with Crippen LogP contribution in [0.2, 0.25) is 0 Å². The Morgan fingerprint density at radius 3 is 2.59 bits per heavy atom. The number of aliphatic hydroxyl groups excluding tert-OH is 1. The number of hydrogen-bond donors (Lipinski definition) is 2. The molecule has 1 aromatic heterocycles. The first-order valence-corrected chi connectivity index (χ1v) is 7.74. The lowest BCUT2D eigenvalue weighted by Gasteiger charge is -2.22. The Balaban J connectivity index is 1.72. The average Bonchev–Trinajstić information content (AvgIpc) is 2.80. The van der Waals surface area contributed by atoms with Gasteiger partial charge < -0.3 is 10.4 Å². The summed E-state index contributed by atoms with van der Waals surface area (Å²) in [6.45, 7) is 0.696. The third-order valence-electron chi connectivity index (χ3n) is 3.63. The summed E-state index contributed by atoms with van der Waals surface area (Å²) < 4.78 is 0. The highest BCUT2D eigenvalue weighted by molar-refractivity contribution is 7.07. The lowest BCUT2D eigenvalue weighted by molar-refractivity contribution is 0.167. The van der Waals surface area contributed by atoms with Crippen molar-refractivity contribution in [1.29, 1.82) is 0 Å². The summed E-state index contributed by atoms with van der Waals surface area (Å²) in [4.78, 5) is 0. The van der Waals surface area contributed by atoms with Crippen LogP contribution in [-0.2, 0) is 0 Å². The van der Waals surface area contributed by atoms with E-state index in [0.717, 1.165) is 5.56 Å². The van der Waals surface area contributed by atoms with E-state index in [-0.39, 0.29) is 6.10 Å². The molecule has 0 aromatic carbocycles. The summed E-state index contributed by atoms with van der Waals surface area (Å²) in [5, 5.41) is 17.6. The first-order valence-electron chi connectivity index (χ1n) is 6.80. The summed E-state index contributed by atoms with van der Waals surface area (Å²) in [5.74, 6) is 0. The maximum atomic E-state index is 10.0. The fraction of sp³-hybridized carbons (Fsp3) is 0.714. The van der Waals surface area contributed by atoms with Crippen molar-refractivity contribution in [2.45, 2.75) is 57.1 Å². The number of hydrogen-bond acceptors (Lipinski definition) is 3. The maximum Gasteiger partial charge on any atom is 0.0922 e. The van der Waals surface area contributed by atoms with Gasteiger partial charge in [0.15, 0.2) is 0 Å². The summed E-state index contributed by atoms with van der Waals surface area (Å²) >= 11 is 1.65. The van der Waals surface area contributed by atoms with E-state index in [2.05, 4.69) is 5.32 Å². The zero-order chi connectivity index (χ0) is 11.9. The molecule has 0 aliphatic heterocycles. The molecule has 1 fully saturated rings. The fourth-order valence-corrected chi connectivity index (χ4v) is 3.23. The Kier molecular flexibility index (Phi) is 5.49. The van der Waals surface area contributed by atoms with E-state index in [9.17, 15) is 5.11 Å². The molecule has 0 radical (unpaired) electrons. The quantitative estimate of drug-likeness (QED) is 0.861. The third kappa shape index (κ3) is 4.41. The number of nitrogens with one attached hydrogen (secondary N) is 1. The van der Waals surface area contributed by atoms with Gasteiger partial charge in [-0.2, -0.15) is 11.3 Å². The lowest BCUT2D eigenvalue weighted by atomic mass is 9.96. The van der Waals surface area contributed by atoms with Gasteiger partial charge in [0.25, 0.3) is 0 Å². The Hall–Kier alpha value is -0.380. The van der Waals surface area contributed by atoms with Crippen LogP contribution >= 0.6 is 11.3 Å². The molecule has 0 spiro atoms. The highest BCUT2D eigenvalue weighted by atomic mass is 32.1. The molecule has 2 nitrogen and oxygen atoms in total. The second kappa shape index (κ2) is 7.14. The second-order valence-electron chi connectivity index (χ2n) is 5.02. The maximum absolute atomic E-state index is 10.0. The van der Waals surface area contributed by atoms with E-state index in [0.29, 0.717) is 12.6 Å². The molecule has 2 N–H and O–H groups in total. The molecule has 0 bridgehead atoms. The van der Waals surface area contributed by atoms with E-state index >= 15 is 0 Å². The van der Waals surface area contributed by atoms with E-state index < -0.39 is 0 Å². The van der Waals surface area contributed by atoms with Gasteiger partial charge in [-0.05, 0) is 35.2 Å². The van der Waals surface area contributed by atoms with Crippen LogP contribution in [0, 0.1) is 0 Å². The van der Waals surface area contributed by atoms with Gasteiger partial charge in [-0.3, -0.25) is 0 Å². The molecule has 0 saturated heterocycles. The van der Waals surface area contributed by atoms with Crippen molar-refractivity contribution in [3.05, 3.63) is 22.4 Å². The van der Waals surface area contributed by atoms with Gasteiger partial charge in [-0.15, -0.1) is 0 Å². The molecule has 1 aromatic rings. The van der Waals surface area contributed by atoms with Crippen molar-refractivity contribution in [3.8, 4) is 0 Å². The van der Waals surface area contributed by atoms with Gasteiger partial charge in [-0.25, -0.2) is 0 Å². The van der Waals surface area contributed by atoms with Crippen LogP contribution in [-0.4, -0.2) is 17.7 Å². The van der Waals surface area contributed by atoms with Gasteiger partial charge >= 0.3 is 0 Å². The fourth-order valence-electron chi connectivity index (χ4n) is 2.52. The summed E-state index contributed by atoms with van der Waals surface area (Å²) in [5.41, 5.74) is 1.05. The zero-order valence-electron chi connectivity index (χ0n) is 10.4. The first-order chi connectivity index (χ1) is 8.36. The normalized spacial score (nSPS) is 20.8. The molecular weight excluding hydrogens is 230 g/mol. The summed E-state index contributed by atoms with van der Waals surface area (Å²) in [7, 11) is 0. The molecule has 1 atom stereocenters. The van der Waals surface area contributed by atoms with Crippen molar-refractivity contribution in [2.75, 3.05) is 6.54 Å². The van der Waals surface area contributed by atoms with E-state index in [1.165, 1.54) is 44.9 Å². The standard InChI is InChI=1S/C14H23NOS/c16-14(12-8-9-17-11-12)10-15-13-6-4-2-1-3-5-7-13/h8-9,11,13-16H,1-7,10H2. The molecule has 96 valence electrons. The van der Waals surface area contributed by atoms with Crippen LogP contribution in [0.15, 0.2) is 16.8 Å². The Bertz CT molecular complexity index is 291. The molecule has 0 amide bonds. The molecule has 2 rings (SSSR count). The average molecular weight is 253 g/mol. The predicted octanol–water partition coefficient (Wildman–Crippen LogP) is 3.48.